The van der Waals surface area contributed by atoms with E-state index in [9.17, 15) is 19.1 Å². The van der Waals surface area contributed by atoms with E-state index in [0.717, 1.165) is 17.0 Å². The van der Waals surface area contributed by atoms with Crippen molar-refractivity contribution in [3.63, 3.8) is 0 Å². The molecule has 0 saturated carbocycles. The van der Waals surface area contributed by atoms with Crippen LogP contribution in [0.3, 0.4) is 0 Å². The second-order valence-electron chi connectivity index (χ2n) is 11.4. The first-order valence-electron chi connectivity index (χ1n) is 16.0. The van der Waals surface area contributed by atoms with Gasteiger partial charge in [0.05, 0.1) is 30.3 Å². The third-order valence-electron chi connectivity index (χ3n) is 7.81. The molecule has 0 fully saturated rings. The Labute approximate surface area is 310 Å². The summed E-state index contributed by atoms with van der Waals surface area (Å²) in [4.78, 5) is 23.7. The Balaban J connectivity index is 0.000000244. The number of hydrogen-bond acceptors (Lipinski definition) is 8. The fraction of sp³-hybridized carbons (Fsp3) is 0.297. The standard InChI is InChI=1S/C22H21Cl2FN2O3.C15H17ClN2O3/c1-4-29-22(28)20-9-13(2)27(26-20)14(3)18-10-16(23)6-8-21(18)30-12-15-5-7-17(25)11-19(15)24;1-4-21-15(20)13-7-9(2)18(17-13)10(3)12-8-11(16)5-6-14(12)19/h5-11,14H,4,12H2,1-3H3;5-8,10,19H,4H2,1-3H3. The molecule has 5 rings (SSSR count). The van der Waals surface area contributed by atoms with Gasteiger partial charge in [-0.3, -0.25) is 9.36 Å². The molecule has 0 bridgehead atoms. The molecule has 14 heteroatoms. The van der Waals surface area contributed by atoms with Gasteiger partial charge >= 0.3 is 11.9 Å². The van der Waals surface area contributed by atoms with Crippen molar-refractivity contribution < 1.29 is 33.3 Å². The summed E-state index contributed by atoms with van der Waals surface area (Å²) >= 11 is 18.3. The molecule has 2 aromatic heterocycles. The molecule has 2 unspecified atom stereocenters. The van der Waals surface area contributed by atoms with Gasteiger partial charge in [-0.2, -0.15) is 10.2 Å². The Kier molecular flexibility index (Phi) is 13.5. The summed E-state index contributed by atoms with van der Waals surface area (Å²) in [6, 6.07) is 17.1. The van der Waals surface area contributed by atoms with Crippen LogP contribution in [-0.2, 0) is 16.1 Å². The number of carbonyl (C=O) groups excluding carboxylic acids is 2. The van der Waals surface area contributed by atoms with E-state index in [0.29, 0.717) is 38.6 Å². The highest BCUT2D eigenvalue weighted by atomic mass is 35.5. The van der Waals surface area contributed by atoms with Gasteiger partial charge in [0.15, 0.2) is 11.4 Å². The second-order valence-corrected chi connectivity index (χ2v) is 12.7. The molecular weight excluding hydrogens is 722 g/mol. The van der Waals surface area contributed by atoms with Gasteiger partial charge in [-0.1, -0.05) is 40.9 Å². The topological polar surface area (TPSA) is 118 Å². The van der Waals surface area contributed by atoms with E-state index in [1.54, 1.807) is 77.8 Å². The van der Waals surface area contributed by atoms with Crippen LogP contribution in [0.1, 0.15) is 88.8 Å². The fourth-order valence-corrected chi connectivity index (χ4v) is 5.85. The quantitative estimate of drug-likeness (QED) is 0.133. The van der Waals surface area contributed by atoms with Crippen LogP contribution in [0.5, 0.6) is 11.5 Å². The van der Waals surface area contributed by atoms with Crippen LogP contribution in [0, 0.1) is 19.7 Å². The van der Waals surface area contributed by atoms with Crippen LogP contribution >= 0.6 is 34.8 Å². The Bertz CT molecular complexity index is 2010. The lowest BCUT2D eigenvalue weighted by atomic mass is 10.1. The first kappa shape index (κ1) is 39.2. The average Bonchev–Trinajstić information content (AvgIpc) is 3.68. The number of aromatic hydroxyl groups is 1. The van der Waals surface area contributed by atoms with E-state index in [4.69, 9.17) is 49.0 Å². The minimum atomic E-state index is -0.472. The SMILES string of the molecule is CCOC(=O)c1cc(C)n(C(C)c2cc(Cl)ccc2O)n1.CCOC(=O)c1cc(C)n(C(C)c2cc(Cl)ccc2OCc2ccc(F)cc2Cl)n1. The van der Waals surface area contributed by atoms with Crippen molar-refractivity contribution in [3.05, 3.63) is 127 Å². The van der Waals surface area contributed by atoms with Gasteiger partial charge in [0.1, 0.15) is 23.9 Å². The number of carbonyl (C=O) groups is 2. The number of aromatic nitrogens is 4. The number of aryl methyl sites for hydroxylation is 2. The van der Waals surface area contributed by atoms with Crippen molar-refractivity contribution in [2.45, 2.75) is 60.2 Å². The van der Waals surface area contributed by atoms with Crippen LogP contribution in [-0.4, -0.2) is 49.8 Å². The molecule has 0 spiro atoms. The maximum Gasteiger partial charge on any atom is 0.358 e. The van der Waals surface area contributed by atoms with Crippen molar-refractivity contribution in [1.82, 2.24) is 19.6 Å². The Morgan fingerprint density at radius 2 is 1.27 bits per heavy atom. The highest BCUT2D eigenvalue weighted by Crippen LogP contribution is 2.33. The van der Waals surface area contributed by atoms with Crippen LogP contribution in [0.25, 0.3) is 0 Å². The number of phenols is 1. The zero-order chi connectivity index (χ0) is 37.4. The van der Waals surface area contributed by atoms with Crippen LogP contribution in [0.2, 0.25) is 15.1 Å². The number of halogens is 4. The number of esters is 2. The first-order chi connectivity index (χ1) is 24.2. The predicted octanol–water partition coefficient (Wildman–Crippen LogP) is 9.34. The summed E-state index contributed by atoms with van der Waals surface area (Å²) in [5, 5.41) is 20.0. The average molecular weight is 760 g/mol. The molecule has 270 valence electrons. The Morgan fingerprint density at radius 3 is 1.80 bits per heavy atom. The maximum atomic E-state index is 13.3. The van der Waals surface area contributed by atoms with E-state index in [2.05, 4.69) is 10.2 Å². The van der Waals surface area contributed by atoms with E-state index >= 15 is 0 Å². The number of hydrogen-bond donors (Lipinski definition) is 1. The largest absolute Gasteiger partial charge is 0.508 e. The van der Waals surface area contributed by atoms with Crippen LogP contribution < -0.4 is 4.74 Å². The highest BCUT2D eigenvalue weighted by Gasteiger charge is 2.22. The molecule has 2 atom stereocenters. The van der Waals surface area contributed by atoms with E-state index in [1.807, 2.05) is 27.7 Å². The third-order valence-corrected chi connectivity index (χ3v) is 8.63. The normalized spacial score (nSPS) is 12.0. The number of ether oxygens (including phenoxy) is 3. The molecular formula is C37H38Cl3FN4O6. The predicted molar refractivity (Wildman–Crippen MR) is 194 cm³/mol. The summed E-state index contributed by atoms with van der Waals surface area (Å²) in [7, 11) is 0. The molecule has 0 aliphatic heterocycles. The lowest BCUT2D eigenvalue weighted by Gasteiger charge is -2.19. The van der Waals surface area contributed by atoms with Gasteiger partial charge < -0.3 is 19.3 Å². The lowest BCUT2D eigenvalue weighted by molar-refractivity contribution is 0.0509. The van der Waals surface area contributed by atoms with E-state index < -0.39 is 17.8 Å². The fourth-order valence-electron chi connectivity index (χ4n) is 5.26. The van der Waals surface area contributed by atoms with Crippen molar-refractivity contribution in [2.24, 2.45) is 0 Å². The smallest absolute Gasteiger partial charge is 0.358 e. The first-order valence-corrected chi connectivity index (χ1v) is 17.2. The summed E-state index contributed by atoms with van der Waals surface area (Å²) < 4.78 is 32.6. The molecule has 0 saturated heterocycles. The van der Waals surface area contributed by atoms with Crippen molar-refractivity contribution in [2.75, 3.05) is 13.2 Å². The van der Waals surface area contributed by atoms with Gasteiger partial charge in [-0.05, 0) is 102 Å². The Hall–Kier alpha value is -4.58. The molecule has 10 nitrogen and oxygen atoms in total. The number of rotatable bonds is 11. The summed E-state index contributed by atoms with van der Waals surface area (Å²) in [5.74, 6) is -0.614. The lowest BCUT2D eigenvalue weighted by Crippen LogP contribution is -2.13. The molecule has 5 aromatic rings. The molecule has 0 aliphatic carbocycles. The van der Waals surface area contributed by atoms with Crippen molar-refractivity contribution >= 4 is 46.7 Å². The van der Waals surface area contributed by atoms with E-state index in [-0.39, 0.29) is 42.4 Å². The van der Waals surface area contributed by atoms with Gasteiger partial charge in [0.25, 0.3) is 0 Å². The molecule has 0 amide bonds. The molecule has 1 N–H and O–H groups in total. The van der Waals surface area contributed by atoms with Gasteiger partial charge in [0, 0.05) is 38.1 Å². The zero-order valence-corrected chi connectivity index (χ0v) is 31.2. The summed E-state index contributed by atoms with van der Waals surface area (Å²) in [6.45, 7) is 11.7. The van der Waals surface area contributed by atoms with E-state index in [1.165, 1.54) is 12.1 Å². The molecule has 3 aromatic carbocycles. The van der Waals surface area contributed by atoms with Gasteiger partial charge in [0.2, 0.25) is 0 Å². The summed E-state index contributed by atoms with van der Waals surface area (Å²) in [6.07, 6.45) is 0. The molecule has 0 radical (unpaired) electrons. The molecule has 0 aliphatic rings. The van der Waals surface area contributed by atoms with Crippen molar-refractivity contribution in [3.8, 4) is 11.5 Å². The van der Waals surface area contributed by atoms with Crippen LogP contribution in [0.15, 0.2) is 66.7 Å². The molecule has 51 heavy (non-hydrogen) atoms. The highest BCUT2D eigenvalue weighted by molar-refractivity contribution is 6.31. The monoisotopic (exact) mass is 758 g/mol. The number of phenolic OH excluding ortho intramolecular Hbond substituents is 1. The van der Waals surface area contributed by atoms with Crippen molar-refractivity contribution in [1.29, 1.82) is 0 Å². The molecule has 2 heterocycles. The van der Waals surface area contributed by atoms with Gasteiger partial charge in [-0.15, -0.1) is 0 Å². The zero-order valence-electron chi connectivity index (χ0n) is 28.9. The third kappa shape index (κ3) is 9.81. The van der Waals surface area contributed by atoms with Crippen LogP contribution in [0.4, 0.5) is 4.39 Å². The minimum Gasteiger partial charge on any atom is -0.508 e. The number of nitrogens with zero attached hydrogens (tertiary/aromatic N) is 4. The Morgan fingerprint density at radius 1 is 0.765 bits per heavy atom. The van der Waals surface area contributed by atoms with Gasteiger partial charge in [-0.25, -0.2) is 14.0 Å². The maximum absolute atomic E-state index is 13.3. The minimum absolute atomic E-state index is 0.138. The second kappa shape index (κ2) is 17.6. The number of benzene rings is 3. The summed E-state index contributed by atoms with van der Waals surface area (Å²) in [5.41, 5.74) is 4.16.